The van der Waals surface area contributed by atoms with Gasteiger partial charge in [0.25, 0.3) is 11.6 Å². The highest BCUT2D eigenvalue weighted by molar-refractivity contribution is 6.38. The van der Waals surface area contributed by atoms with E-state index in [-0.39, 0.29) is 23.7 Å². The Morgan fingerprint density at radius 2 is 1.79 bits per heavy atom. The van der Waals surface area contributed by atoms with E-state index in [0.29, 0.717) is 5.56 Å². The van der Waals surface area contributed by atoms with Crippen LogP contribution in [0.3, 0.4) is 0 Å². The van der Waals surface area contributed by atoms with E-state index in [2.05, 4.69) is 5.32 Å². The van der Waals surface area contributed by atoms with E-state index in [1.165, 1.54) is 45.0 Å². The van der Waals surface area contributed by atoms with Crippen LogP contribution in [0.15, 0.2) is 24.3 Å². The normalized spacial score (nSPS) is 12.8. The second kappa shape index (κ2) is 9.45. The van der Waals surface area contributed by atoms with Gasteiger partial charge in [-0.2, -0.15) is 13.2 Å². The fraction of sp³-hybridized carbons (Fsp3) is 0.471. The Bertz CT molecular complexity index is 759. The van der Waals surface area contributed by atoms with Crippen molar-refractivity contribution in [2.24, 2.45) is 0 Å². The van der Waals surface area contributed by atoms with Crippen molar-refractivity contribution in [2.75, 3.05) is 0 Å². The summed E-state index contributed by atoms with van der Waals surface area (Å²) in [5, 5.41) is 12.9. The number of nitro groups is 1. The van der Waals surface area contributed by atoms with E-state index >= 15 is 0 Å². The smallest absolute Gasteiger partial charge is 0.345 e. The Kier molecular flexibility index (Phi) is 7.83. The molecule has 0 radical (unpaired) electrons. The predicted octanol–water partition coefficient (Wildman–Crippen LogP) is 2.29. The number of halogens is 3. The van der Waals surface area contributed by atoms with Crippen LogP contribution in [0.4, 0.5) is 18.9 Å². The molecule has 1 atom stereocenters. The Morgan fingerprint density at radius 1 is 1.24 bits per heavy atom. The van der Waals surface area contributed by atoms with Crippen molar-refractivity contribution in [2.45, 2.75) is 51.6 Å². The quantitative estimate of drug-likeness (QED) is 0.284. The maximum Gasteiger partial charge on any atom is 0.391 e. The molecule has 0 aliphatic rings. The largest absolute Gasteiger partial charge is 0.391 e. The minimum atomic E-state index is -4.85. The number of non-ortho nitro benzene ring substituents is 1. The maximum absolute atomic E-state index is 12.9. The number of nitrogens with one attached hydrogen (secondary N) is 1. The molecule has 1 rings (SSSR count). The molecule has 160 valence electrons. The van der Waals surface area contributed by atoms with Gasteiger partial charge in [-0.15, -0.1) is 0 Å². The second-order valence-electron chi connectivity index (χ2n) is 6.97. The second-order valence-corrected chi connectivity index (χ2v) is 6.97. The first-order valence-electron chi connectivity index (χ1n) is 8.28. The van der Waals surface area contributed by atoms with Crippen molar-refractivity contribution in [3.8, 4) is 0 Å². The summed E-state index contributed by atoms with van der Waals surface area (Å²) in [6.07, 6.45) is -6.71. The Labute approximate surface area is 163 Å². The van der Waals surface area contributed by atoms with E-state index in [9.17, 15) is 37.7 Å². The molecule has 0 bridgehead atoms. The average molecular weight is 419 g/mol. The third-order valence-electron chi connectivity index (χ3n) is 3.34. The lowest BCUT2D eigenvalue weighted by Gasteiger charge is -2.32. The minimum Gasteiger partial charge on any atom is -0.345 e. The van der Waals surface area contributed by atoms with Gasteiger partial charge in [-0.05, 0) is 26.3 Å². The summed E-state index contributed by atoms with van der Waals surface area (Å²) in [5.41, 5.74) is -0.912. The van der Waals surface area contributed by atoms with E-state index < -0.39 is 40.9 Å². The summed E-state index contributed by atoms with van der Waals surface area (Å²) >= 11 is 0. The first-order chi connectivity index (χ1) is 13.2. The molecule has 12 heteroatoms. The first kappa shape index (κ1) is 24.0. The SMILES string of the molecule is CC(C)(C)ON(C=O)C(CC(F)(F)F)C(=O)C(=O)NCc1ccc([N+](=O)[O-])cc1. The molecule has 0 spiro atoms. The van der Waals surface area contributed by atoms with Crippen LogP contribution >= 0.6 is 0 Å². The number of nitrogens with zero attached hydrogens (tertiary/aromatic N) is 2. The lowest BCUT2D eigenvalue weighted by Crippen LogP contribution is -2.51. The summed E-state index contributed by atoms with van der Waals surface area (Å²) in [6, 6.07) is 2.76. The van der Waals surface area contributed by atoms with Crippen LogP contribution in [0, 0.1) is 10.1 Å². The number of hydrogen-bond donors (Lipinski definition) is 1. The lowest BCUT2D eigenvalue weighted by molar-refractivity contribution is -0.384. The summed E-state index contributed by atoms with van der Waals surface area (Å²) in [5.74, 6) is -2.87. The number of amides is 2. The number of benzene rings is 1. The molecule has 0 saturated heterocycles. The fourth-order valence-corrected chi connectivity index (χ4v) is 2.15. The zero-order valence-electron chi connectivity index (χ0n) is 15.9. The zero-order chi connectivity index (χ0) is 22.4. The van der Waals surface area contributed by atoms with Crippen LogP contribution in [-0.4, -0.2) is 45.9 Å². The highest BCUT2D eigenvalue weighted by Gasteiger charge is 2.42. The van der Waals surface area contributed by atoms with Gasteiger partial charge >= 0.3 is 6.18 Å². The molecular weight excluding hydrogens is 399 g/mol. The average Bonchev–Trinajstić information content (AvgIpc) is 2.60. The monoisotopic (exact) mass is 419 g/mol. The molecule has 2 amide bonds. The molecule has 0 aliphatic heterocycles. The van der Waals surface area contributed by atoms with E-state index in [4.69, 9.17) is 4.84 Å². The van der Waals surface area contributed by atoms with Gasteiger partial charge in [0.05, 0.1) is 16.9 Å². The van der Waals surface area contributed by atoms with Crippen molar-refractivity contribution in [3.63, 3.8) is 0 Å². The van der Waals surface area contributed by atoms with Gasteiger partial charge < -0.3 is 5.32 Å². The van der Waals surface area contributed by atoms with Gasteiger partial charge in [0.15, 0.2) is 0 Å². The van der Waals surface area contributed by atoms with Crippen LogP contribution in [-0.2, 0) is 25.8 Å². The third-order valence-corrected chi connectivity index (χ3v) is 3.34. The number of alkyl halides is 3. The summed E-state index contributed by atoms with van der Waals surface area (Å²) in [6.45, 7) is 4.09. The zero-order valence-corrected chi connectivity index (χ0v) is 15.9. The highest BCUT2D eigenvalue weighted by Crippen LogP contribution is 2.26. The fourth-order valence-electron chi connectivity index (χ4n) is 2.15. The van der Waals surface area contributed by atoms with E-state index in [1.807, 2.05) is 0 Å². The number of nitro benzene ring substituents is 1. The number of hydroxylamine groups is 2. The van der Waals surface area contributed by atoms with Crippen molar-refractivity contribution in [1.82, 2.24) is 10.4 Å². The first-order valence-corrected chi connectivity index (χ1v) is 8.28. The number of rotatable bonds is 9. The third kappa shape index (κ3) is 8.25. The Balaban J connectivity index is 2.91. The summed E-state index contributed by atoms with van der Waals surface area (Å²) < 4.78 is 38.6. The molecule has 29 heavy (non-hydrogen) atoms. The minimum absolute atomic E-state index is 0.0941. The van der Waals surface area contributed by atoms with E-state index in [1.54, 1.807) is 0 Å². The molecule has 0 heterocycles. The van der Waals surface area contributed by atoms with Crippen molar-refractivity contribution >= 4 is 23.8 Å². The predicted molar refractivity (Wildman–Crippen MR) is 93.2 cm³/mol. The van der Waals surface area contributed by atoms with Crippen LogP contribution in [0.5, 0.6) is 0 Å². The van der Waals surface area contributed by atoms with Crippen LogP contribution in [0.2, 0.25) is 0 Å². The highest BCUT2D eigenvalue weighted by atomic mass is 19.4. The van der Waals surface area contributed by atoms with Crippen molar-refractivity contribution in [3.05, 3.63) is 39.9 Å². The van der Waals surface area contributed by atoms with Gasteiger partial charge in [-0.3, -0.25) is 29.3 Å². The Hall–Kier alpha value is -3.02. The van der Waals surface area contributed by atoms with Gasteiger partial charge in [0.2, 0.25) is 12.2 Å². The summed E-state index contributed by atoms with van der Waals surface area (Å²) in [4.78, 5) is 50.6. The van der Waals surface area contributed by atoms with Crippen LogP contribution in [0.1, 0.15) is 32.8 Å². The van der Waals surface area contributed by atoms with Gasteiger partial charge in [0, 0.05) is 18.7 Å². The maximum atomic E-state index is 12.9. The van der Waals surface area contributed by atoms with E-state index in [0.717, 1.165) is 0 Å². The Morgan fingerprint density at radius 3 is 2.21 bits per heavy atom. The molecule has 1 N–H and O–H groups in total. The molecule has 0 aromatic heterocycles. The van der Waals surface area contributed by atoms with Crippen LogP contribution < -0.4 is 5.32 Å². The van der Waals surface area contributed by atoms with Gasteiger partial charge in [0.1, 0.15) is 6.04 Å². The molecule has 0 saturated carbocycles. The van der Waals surface area contributed by atoms with Crippen molar-refractivity contribution < 1.29 is 37.3 Å². The number of ketones is 1. The topological polar surface area (TPSA) is 119 Å². The standard InChI is InChI=1S/C17H20F3N3O6/c1-16(2,3)29-22(10-24)13(8-17(18,19)20)14(25)15(26)21-9-11-4-6-12(7-5-11)23(27)28/h4-7,10,13H,8-9H2,1-3H3,(H,21,26). The molecule has 1 aromatic rings. The number of Topliss-reactive ketones (excluding diaryl/α,β-unsaturated/α-hetero) is 1. The number of carbonyl (C=O) groups excluding carboxylic acids is 3. The summed E-state index contributed by atoms with van der Waals surface area (Å²) in [7, 11) is 0. The van der Waals surface area contributed by atoms with Crippen LogP contribution in [0.25, 0.3) is 0 Å². The van der Waals surface area contributed by atoms with Gasteiger partial charge in [-0.1, -0.05) is 12.1 Å². The number of carbonyl (C=O) groups is 3. The molecule has 0 fully saturated rings. The molecule has 0 aliphatic carbocycles. The van der Waals surface area contributed by atoms with Crippen molar-refractivity contribution in [1.29, 1.82) is 0 Å². The lowest BCUT2D eigenvalue weighted by atomic mass is 10.1. The molecule has 1 unspecified atom stereocenters. The molecule has 1 aromatic carbocycles. The van der Waals surface area contributed by atoms with Gasteiger partial charge in [-0.25, -0.2) is 5.06 Å². The number of hydrogen-bond acceptors (Lipinski definition) is 6. The molecule has 9 nitrogen and oxygen atoms in total. The molecular formula is C17H20F3N3O6.